The molecule has 0 radical (unpaired) electrons. The number of carbonyl (C=O) groups excluding carboxylic acids is 1. The highest BCUT2D eigenvalue weighted by Crippen LogP contribution is 2.19. The molecule has 0 unspecified atom stereocenters. The summed E-state index contributed by atoms with van der Waals surface area (Å²) < 4.78 is 5.21. The third-order valence-electron chi connectivity index (χ3n) is 3.12. The van der Waals surface area contributed by atoms with Crippen LogP contribution in [0.2, 0.25) is 0 Å². The average molecular weight is 278 g/mol. The second kappa shape index (κ2) is 5.63. The number of esters is 1. The van der Waals surface area contributed by atoms with Gasteiger partial charge in [-0.25, -0.2) is 9.79 Å². The third kappa shape index (κ3) is 2.84. The zero-order chi connectivity index (χ0) is 14.7. The standard InChI is InChI=1S/C17H14N2O2/c1-19(14-10-6-3-7-11-14)12-15-17(20)21-16(18-15)13-8-4-2-5-9-13/h2-12H,1H3. The number of aliphatic imine (C=N–C) groups is 1. The maximum atomic E-state index is 11.9. The molecule has 0 saturated heterocycles. The zero-order valence-electron chi connectivity index (χ0n) is 11.6. The lowest BCUT2D eigenvalue weighted by molar-refractivity contribution is -0.130. The van der Waals surface area contributed by atoms with Crippen molar-refractivity contribution in [2.24, 2.45) is 4.99 Å². The highest BCUT2D eigenvalue weighted by Gasteiger charge is 2.24. The number of hydrogen-bond donors (Lipinski definition) is 0. The molecule has 3 rings (SSSR count). The van der Waals surface area contributed by atoms with E-state index in [9.17, 15) is 4.79 Å². The molecule has 0 aliphatic carbocycles. The molecule has 21 heavy (non-hydrogen) atoms. The van der Waals surface area contributed by atoms with Crippen LogP contribution < -0.4 is 4.90 Å². The molecule has 4 nitrogen and oxygen atoms in total. The summed E-state index contributed by atoms with van der Waals surface area (Å²) in [7, 11) is 1.87. The quantitative estimate of drug-likeness (QED) is 0.640. The summed E-state index contributed by atoms with van der Waals surface area (Å²) in [6.45, 7) is 0. The van der Waals surface area contributed by atoms with E-state index in [0.717, 1.165) is 11.3 Å². The number of benzene rings is 2. The van der Waals surface area contributed by atoms with Crippen LogP contribution in [0, 0.1) is 0 Å². The average Bonchev–Trinajstić information content (AvgIpc) is 2.90. The van der Waals surface area contributed by atoms with Crippen molar-refractivity contribution in [2.45, 2.75) is 0 Å². The van der Waals surface area contributed by atoms with Gasteiger partial charge in [0.15, 0.2) is 5.70 Å². The molecule has 104 valence electrons. The van der Waals surface area contributed by atoms with Gasteiger partial charge in [-0.1, -0.05) is 36.4 Å². The highest BCUT2D eigenvalue weighted by atomic mass is 16.6. The van der Waals surface area contributed by atoms with Crippen molar-refractivity contribution < 1.29 is 9.53 Å². The second-order valence-corrected chi connectivity index (χ2v) is 4.63. The van der Waals surface area contributed by atoms with E-state index in [-0.39, 0.29) is 0 Å². The van der Waals surface area contributed by atoms with Gasteiger partial charge in [0, 0.05) is 24.5 Å². The van der Waals surface area contributed by atoms with Crippen LogP contribution >= 0.6 is 0 Å². The summed E-state index contributed by atoms with van der Waals surface area (Å²) in [6.07, 6.45) is 1.67. The monoisotopic (exact) mass is 278 g/mol. The summed E-state index contributed by atoms with van der Waals surface area (Å²) in [5.41, 5.74) is 2.05. The molecule has 0 N–H and O–H groups in total. The molecule has 0 amide bonds. The van der Waals surface area contributed by atoms with Gasteiger partial charge in [0.2, 0.25) is 5.90 Å². The molecule has 0 aromatic heterocycles. The largest absolute Gasteiger partial charge is 0.402 e. The van der Waals surface area contributed by atoms with Crippen molar-refractivity contribution in [1.82, 2.24) is 0 Å². The molecule has 1 aliphatic rings. The number of cyclic esters (lactones) is 1. The van der Waals surface area contributed by atoms with E-state index in [4.69, 9.17) is 4.74 Å². The van der Waals surface area contributed by atoms with E-state index in [0.29, 0.717) is 11.6 Å². The molecule has 0 fully saturated rings. The van der Waals surface area contributed by atoms with E-state index in [1.54, 1.807) is 6.20 Å². The number of para-hydroxylation sites is 1. The van der Waals surface area contributed by atoms with Crippen LogP contribution in [0.5, 0.6) is 0 Å². The molecule has 0 bridgehead atoms. The van der Waals surface area contributed by atoms with Crippen molar-refractivity contribution in [3.05, 3.63) is 78.1 Å². The van der Waals surface area contributed by atoms with Crippen molar-refractivity contribution in [2.75, 3.05) is 11.9 Å². The van der Waals surface area contributed by atoms with Gasteiger partial charge in [0.05, 0.1) is 0 Å². The normalized spacial score (nSPS) is 15.8. The summed E-state index contributed by atoms with van der Waals surface area (Å²) >= 11 is 0. The van der Waals surface area contributed by atoms with Crippen LogP contribution in [0.15, 0.2) is 77.6 Å². The molecular weight excluding hydrogens is 264 g/mol. The van der Waals surface area contributed by atoms with E-state index in [2.05, 4.69) is 4.99 Å². The minimum Gasteiger partial charge on any atom is -0.402 e. The maximum absolute atomic E-state index is 11.9. The lowest BCUT2D eigenvalue weighted by atomic mass is 10.2. The molecule has 0 saturated carbocycles. The van der Waals surface area contributed by atoms with Gasteiger partial charge in [-0.2, -0.15) is 0 Å². The predicted octanol–water partition coefficient (Wildman–Crippen LogP) is 2.97. The van der Waals surface area contributed by atoms with E-state index in [1.807, 2.05) is 72.6 Å². The summed E-state index contributed by atoms with van der Waals surface area (Å²) in [5, 5.41) is 0. The summed E-state index contributed by atoms with van der Waals surface area (Å²) in [6, 6.07) is 19.1. The lowest BCUT2D eigenvalue weighted by Crippen LogP contribution is -2.11. The first kappa shape index (κ1) is 13.1. The van der Waals surface area contributed by atoms with Gasteiger partial charge in [-0.15, -0.1) is 0 Å². The summed E-state index contributed by atoms with van der Waals surface area (Å²) in [5.74, 6) is -0.0926. The Hall–Kier alpha value is -2.88. The number of carbonyl (C=O) groups is 1. The van der Waals surface area contributed by atoms with Crippen molar-refractivity contribution in [3.8, 4) is 0 Å². The minimum atomic E-state index is -0.434. The van der Waals surface area contributed by atoms with E-state index in [1.165, 1.54) is 0 Å². The van der Waals surface area contributed by atoms with Gasteiger partial charge in [-0.05, 0) is 24.3 Å². The van der Waals surface area contributed by atoms with Crippen LogP contribution in [0.25, 0.3) is 0 Å². The minimum absolute atomic E-state index is 0.292. The zero-order valence-corrected chi connectivity index (χ0v) is 11.6. The van der Waals surface area contributed by atoms with Gasteiger partial charge < -0.3 is 9.64 Å². The Morgan fingerprint density at radius 1 is 1.00 bits per heavy atom. The maximum Gasteiger partial charge on any atom is 0.365 e. The molecule has 1 aliphatic heterocycles. The fourth-order valence-electron chi connectivity index (χ4n) is 2.02. The number of anilines is 1. The summed E-state index contributed by atoms with van der Waals surface area (Å²) in [4.78, 5) is 18.0. The number of rotatable bonds is 3. The number of nitrogens with zero attached hydrogens (tertiary/aromatic N) is 2. The third-order valence-corrected chi connectivity index (χ3v) is 3.12. The van der Waals surface area contributed by atoms with Crippen LogP contribution in [0.3, 0.4) is 0 Å². The molecule has 0 spiro atoms. The first-order chi connectivity index (χ1) is 10.2. The van der Waals surface area contributed by atoms with Gasteiger partial charge in [-0.3, -0.25) is 0 Å². The number of ether oxygens (including phenoxy) is 1. The van der Waals surface area contributed by atoms with Gasteiger partial charge in [0.1, 0.15) is 0 Å². The Morgan fingerprint density at radius 2 is 1.62 bits per heavy atom. The SMILES string of the molecule is CN(C=C1N=C(c2ccccc2)OC1=O)c1ccccc1. The van der Waals surface area contributed by atoms with Gasteiger partial charge >= 0.3 is 5.97 Å². The van der Waals surface area contributed by atoms with Crippen LogP contribution in [-0.2, 0) is 9.53 Å². The lowest BCUT2D eigenvalue weighted by Gasteiger charge is -2.13. The Labute approximate surface area is 123 Å². The Bertz CT molecular complexity index is 706. The van der Waals surface area contributed by atoms with Crippen LogP contribution in [0.4, 0.5) is 5.69 Å². The Balaban J connectivity index is 1.87. The number of hydrogen-bond acceptors (Lipinski definition) is 4. The van der Waals surface area contributed by atoms with E-state index >= 15 is 0 Å². The van der Waals surface area contributed by atoms with Crippen LogP contribution in [0.1, 0.15) is 5.56 Å². The predicted molar refractivity (Wildman–Crippen MR) is 82.0 cm³/mol. The first-order valence-electron chi connectivity index (χ1n) is 6.60. The Kier molecular flexibility index (Phi) is 3.51. The fraction of sp³-hybridized carbons (Fsp3) is 0.0588. The highest BCUT2D eigenvalue weighted by molar-refractivity contribution is 6.11. The molecule has 4 heteroatoms. The van der Waals surface area contributed by atoms with Crippen molar-refractivity contribution in [1.29, 1.82) is 0 Å². The van der Waals surface area contributed by atoms with E-state index < -0.39 is 5.97 Å². The molecular formula is C17H14N2O2. The second-order valence-electron chi connectivity index (χ2n) is 4.63. The molecule has 2 aromatic carbocycles. The Morgan fingerprint density at radius 3 is 2.29 bits per heavy atom. The van der Waals surface area contributed by atoms with Gasteiger partial charge in [0.25, 0.3) is 0 Å². The van der Waals surface area contributed by atoms with Crippen LogP contribution in [-0.4, -0.2) is 18.9 Å². The molecule has 1 heterocycles. The topological polar surface area (TPSA) is 41.9 Å². The molecule has 0 atom stereocenters. The first-order valence-corrected chi connectivity index (χ1v) is 6.60. The fourth-order valence-corrected chi connectivity index (χ4v) is 2.02. The molecule has 2 aromatic rings. The smallest absolute Gasteiger partial charge is 0.365 e. The van der Waals surface area contributed by atoms with Crippen molar-refractivity contribution >= 4 is 17.6 Å². The van der Waals surface area contributed by atoms with Crippen molar-refractivity contribution in [3.63, 3.8) is 0 Å².